The number of hydrogen-bond acceptors (Lipinski definition) is 3. The molecule has 0 bridgehead atoms. The maximum atomic E-state index is 14.2. The molecule has 1 heterocycles. The van der Waals surface area contributed by atoms with Crippen LogP contribution in [0.15, 0.2) is 17.0 Å². The molecule has 1 fully saturated rings. The molecule has 0 radical (unpaired) electrons. The molecule has 0 aromatic heterocycles. The number of benzene rings is 1. The Labute approximate surface area is 126 Å². The second-order valence-corrected chi connectivity index (χ2v) is 7.69. The van der Waals surface area contributed by atoms with Crippen LogP contribution in [0.2, 0.25) is 0 Å². The van der Waals surface area contributed by atoms with Crippen LogP contribution in [0.5, 0.6) is 0 Å². The topological polar surface area (TPSA) is 63.4 Å². The molecular formula is C15H23FN2O2S. The Bertz CT molecular complexity index is 608. The third-order valence-corrected chi connectivity index (χ3v) is 6.03. The van der Waals surface area contributed by atoms with E-state index in [1.807, 2.05) is 0 Å². The zero-order valence-corrected chi connectivity index (χ0v) is 13.4. The lowest BCUT2D eigenvalue weighted by Gasteiger charge is -2.31. The molecule has 6 heteroatoms. The molecule has 0 atom stereocenters. The zero-order valence-electron chi connectivity index (χ0n) is 12.6. The number of piperidine rings is 1. The van der Waals surface area contributed by atoms with Gasteiger partial charge in [0, 0.05) is 18.8 Å². The van der Waals surface area contributed by atoms with Crippen LogP contribution in [0.1, 0.15) is 38.2 Å². The summed E-state index contributed by atoms with van der Waals surface area (Å²) in [5, 5.41) is 0. The highest BCUT2D eigenvalue weighted by atomic mass is 32.2. The molecule has 1 aromatic rings. The predicted octanol–water partition coefficient (Wildman–Crippen LogP) is 2.92. The minimum Gasteiger partial charge on any atom is -0.399 e. The van der Waals surface area contributed by atoms with E-state index in [9.17, 15) is 12.8 Å². The van der Waals surface area contributed by atoms with Crippen LogP contribution >= 0.6 is 0 Å². The van der Waals surface area contributed by atoms with Gasteiger partial charge in [-0.15, -0.1) is 0 Å². The molecule has 118 valence electrons. The lowest BCUT2D eigenvalue weighted by atomic mass is 9.94. The Kier molecular flexibility index (Phi) is 4.88. The summed E-state index contributed by atoms with van der Waals surface area (Å²) in [7, 11) is -3.80. The second-order valence-electron chi connectivity index (χ2n) is 5.79. The van der Waals surface area contributed by atoms with Gasteiger partial charge in [0.1, 0.15) is 10.7 Å². The van der Waals surface area contributed by atoms with Crippen LogP contribution in [0.4, 0.5) is 10.1 Å². The molecule has 2 N–H and O–H groups in total. The molecule has 1 saturated heterocycles. The standard InChI is InChI=1S/C15H23FN2O2S/c1-3-4-12-5-7-18(8-6-12)21(19,20)14-10-13(17)9-11(2)15(14)16/h9-10,12H,3-8,17H2,1-2H3. The Balaban J connectivity index is 2.24. The largest absolute Gasteiger partial charge is 0.399 e. The van der Waals surface area contributed by atoms with Crippen molar-refractivity contribution in [1.29, 1.82) is 0 Å². The van der Waals surface area contributed by atoms with Crippen molar-refractivity contribution < 1.29 is 12.8 Å². The van der Waals surface area contributed by atoms with Gasteiger partial charge < -0.3 is 5.73 Å². The van der Waals surface area contributed by atoms with Crippen LogP contribution in [-0.4, -0.2) is 25.8 Å². The highest BCUT2D eigenvalue weighted by molar-refractivity contribution is 7.89. The monoisotopic (exact) mass is 314 g/mol. The average Bonchev–Trinajstić information content (AvgIpc) is 2.43. The van der Waals surface area contributed by atoms with Crippen molar-refractivity contribution in [3.63, 3.8) is 0 Å². The van der Waals surface area contributed by atoms with Crippen molar-refractivity contribution in [2.45, 2.75) is 44.4 Å². The molecule has 1 aromatic carbocycles. The van der Waals surface area contributed by atoms with E-state index in [-0.39, 0.29) is 16.1 Å². The first-order valence-electron chi connectivity index (χ1n) is 7.42. The minimum atomic E-state index is -3.80. The Morgan fingerprint density at radius 3 is 2.52 bits per heavy atom. The third-order valence-electron chi connectivity index (χ3n) is 4.13. The summed E-state index contributed by atoms with van der Waals surface area (Å²) in [5.41, 5.74) is 6.20. The Morgan fingerprint density at radius 1 is 1.33 bits per heavy atom. The smallest absolute Gasteiger partial charge is 0.246 e. The Morgan fingerprint density at radius 2 is 1.95 bits per heavy atom. The molecule has 21 heavy (non-hydrogen) atoms. The molecule has 0 spiro atoms. The van der Waals surface area contributed by atoms with Crippen LogP contribution < -0.4 is 5.73 Å². The summed E-state index contributed by atoms with van der Waals surface area (Å²) in [6.07, 6.45) is 3.92. The number of anilines is 1. The summed E-state index contributed by atoms with van der Waals surface area (Å²) in [6.45, 7) is 4.58. The molecule has 0 unspecified atom stereocenters. The number of rotatable bonds is 4. The number of nitrogen functional groups attached to an aromatic ring is 1. The number of aryl methyl sites for hydroxylation is 1. The summed E-state index contributed by atoms with van der Waals surface area (Å²) < 4.78 is 40.8. The van der Waals surface area contributed by atoms with E-state index in [0.29, 0.717) is 19.0 Å². The fraction of sp³-hybridized carbons (Fsp3) is 0.600. The fourth-order valence-corrected chi connectivity index (χ4v) is 4.58. The number of halogens is 1. The van der Waals surface area contributed by atoms with Crippen LogP contribution in [-0.2, 0) is 10.0 Å². The van der Waals surface area contributed by atoms with E-state index < -0.39 is 15.8 Å². The van der Waals surface area contributed by atoms with Crippen molar-refractivity contribution in [2.24, 2.45) is 5.92 Å². The quantitative estimate of drug-likeness (QED) is 0.869. The van der Waals surface area contributed by atoms with Gasteiger partial charge in [-0.1, -0.05) is 19.8 Å². The van der Waals surface area contributed by atoms with E-state index in [1.54, 1.807) is 0 Å². The SMILES string of the molecule is CCCC1CCN(S(=O)(=O)c2cc(N)cc(C)c2F)CC1. The predicted molar refractivity (Wildman–Crippen MR) is 81.9 cm³/mol. The van der Waals surface area contributed by atoms with Gasteiger partial charge in [0.05, 0.1) is 0 Å². The fourth-order valence-electron chi connectivity index (χ4n) is 2.94. The van der Waals surface area contributed by atoms with Gasteiger partial charge >= 0.3 is 0 Å². The van der Waals surface area contributed by atoms with Gasteiger partial charge in [-0.3, -0.25) is 0 Å². The number of nitrogens with zero attached hydrogens (tertiary/aromatic N) is 1. The molecule has 0 amide bonds. The summed E-state index contributed by atoms with van der Waals surface area (Å²) in [6, 6.07) is 2.66. The highest BCUT2D eigenvalue weighted by Gasteiger charge is 2.31. The van der Waals surface area contributed by atoms with Crippen LogP contribution in [0.25, 0.3) is 0 Å². The van der Waals surface area contributed by atoms with E-state index in [2.05, 4.69) is 6.92 Å². The lowest BCUT2D eigenvalue weighted by Crippen LogP contribution is -2.38. The van der Waals surface area contributed by atoms with Gasteiger partial charge in [-0.25, -0.2) is 12.8 Å². The maximum Gasteiger partial charge on any atom is 0.246 e. The van der Waals surface area contributed by atoms with Gasteiger partial charge in [-0.05, 0) is 43.4 Å². The minimum absolute atomic E-state index is 0.259. The first-order chi connectivity index (χ1) is 9.86. The summed E-state index contributed by atoms with van der Waals surface area (Å²) in [4.78, 5) is -0.297. The molecule has 2 rings (SSSR count). The first kappa shape index (κ1) is 16.2. The second kappa shape index (κ2) is 6.32. The average molecular weight is 314 g/mol. The maximum absolute atomic E-state index is 14.2. The summed E-state index contributed by atoms with van der Waals surface area (Å²) >= 11 is 0. The van der Waals surface area contributed by atoms with E-state index >= 15 is 0 Å². The van der Waals surface area contributed by atoms with Crippen molar-refractivity contribution >= 4 is 15.7 Å². The molecular weight excluding hydrogens is 291 g/mol. The van der Waals surface area contributed by atoms with Crippen molar-refractivity contribution in [3.05, 3.63) is 23.5 Å². The lowest BCUT2D eigenvalue weighted by molar-refractivity contribution is 0.262. The molecule has 1 aliphatic heterocycles. The van der Waals surface area contributed by atoms with Gasteiger partial charge in [0.2, 0.25) is 10.0 Å². The van der Waals surface area contributed by atoms with Crippen LogP contribution in [0, 0.1) is 18.7 Å². The van der Waals surface area contributed by atoms with Crippen molar-refractivity contribution in [1.82, 2.24) is 4.31 Å². The van der Waals surface area contributed by atoms with Gasteiger partial charge in [0.15, 0.2) is 0 Å². The number of sulfonamides is 1. The normalized spacial score (nSPS) is 18.0. The number of hydrogen-bond donors (Lipinski definition) is 1. The van der Waals surface area contributed by atoms with Crippen molar-refractivity contribution in [3.8, 4) is 0 Å². The summed E-state index contributed by atoms with van der Waals surface area (Å²) in [5.74, 6) is -0.117. The van der Waals surface area contributed by atoms with E-state index in [0.717, 1.165) is 25.7 Å². The van der Waals surface area contributed by atoms with E-state index in [1.165, 1.54) is 23.4 Å². The molecule has 0 saturated carbocycles. The molecule has 4 nitrogen and oxygen atoms in total. The van der Waals surface area contributed by atoms with Crippen LogP contribution in [0.3, 0.4) is 0 Å². The van der Waals surface area contributed by atoms with E-state index in [4.69, 9.17) is 5.73 Å². The van der Waals surface area contributed by atoms with Gasteiger partial charge in [0.25, 0.3) is 0 Å². The highest BCUT2D eigenvalue weighted by Crippen LogP contribution is 2.29. The van der Waals surface area contributed by atoms with Crippen molar-refractivity contribution in [2.75, 3.05) is 18.8 Å². The Hall–Kier alpha value is -1.14. The third kappa shape index (κ3) is 3.37. The number of nitrogens with two attached hydrogens (primary N) is 1. The van der Waals surface area contributed by atoms with Gasteiger partial charge in [-0.2, -0.15) is 4.31 Å². The zero-order chi connectivity index (χ0) is 15.6. The first-order valence-corrected chi connectivity index (χ1v) is 8.86. The molecule has 1 aliphatic rings. The molecule has 0 aliphatic carbocycles.